The Morgan fingerprint density at radius 3 is 2.94 bits per heavy atom. The molecule has 0 fully saturated rings. The number of hydrogen-bond acceptors (Lipinski definition) is 3. The van der Waals surface area contributed by atoms with Crippen LogP contribution in [0, 0.1) is 10.1 Å². The minimum atomic E-state index is -0.460. The molecule has 2 N–H and O–H groups in total. The van der Waals surface area contributed by atoms with Crippen LogP contribution in [0.4, 0.5) is 5.69 Å². The van der Waals surface area contributed by atoms with Crippen molar-refractivity contribution in [2.24, 2.45) is 0 Å². The standard InChI is InChI=1S/C11H12N2O3/c1-7(14)4-8-6-12-11-3-2-9(13(15)16)5-10(8)11/h2-3,5-7,12,14H,4H2,1H3. The van der Waals surface area contributed by atoms with E-state index in [2.05, 4.69) is 4.98 Å². The van der Waals surface area contributed by atoms with Crippen molar-refractivity contribution in [1.82, 2.24) is 4.98 Å². The van der Waals surface area contributed by atoms with Crippen molar-refractivity contribution in [2.75, 3.05) is 0 Å². The van der Waals surface area contributed by atoms with Crippen molar-refractivity contribution in [3.8, 4) is 0 Å². The highest BCUT2D eigenvalue weighted by molar-refractivity contribution is 5.85. The molecule has 16 heavy (non-hydrogen) atoms. The van der Waals surface area contributed by atoms with Gasteiger partial charge in [-0.3, -0.25) is 10.1 Å². The molecule has 0 aliphatic rings. The van der Waals surface area contributed by atoms with E-state index in [0.29, 0.717) is 6.42 Å². The number of aliphatic hydroxyl groups excluding tert-OH is 1. The molecular weight excluding hydrogens is 208 g/mol. The van der Waals surface area contributed by atoms with Crippen molar-refractivity contribution in [1.29, 1.82) is 0 Å². The largest absolute Gasteiger partial charge is 0.393 e. The summed E-state index contributed by atoms with van der Waals surface area (Å²) in [6.07, 6.45) is 1.81. The lowest BCUT2D eigenvalue weighted by atomic mass is 10.1. The fourth-order valence-corrected chi connectivity index (χ4v) is 1.77. The van der Waals surface area contributed by atoms with E-state index in [1.807, 2.05) is 0 Å². The van der Waals surface area contributed by atoms with Crippen LogP contribution in [0.2, 0.25) is 0 Å². The van der Waals surface area contributed by atoms with Crippen LogP contribution in [0.3, 0.4) is 0 Å². The van der Waals surface area contributed by atoms with Gasteiger partial charge in [-0.05, 0) is 18.6 Å². The van der Waals surface area contributed by atoms with Crippen LogP contribution < -0.4 is 0 Å². The molecule has 5 nitrogen and oxygen atoms in total. The lowest BCUT2D eigenvalue weighted by Gasteiger charge is -2.01. The number of hydrogen-bond donors (Lipinski definition) is 2. The molecule has 0 radical (unpaired) electrons. The number of nitro groups is 1. The Hall–Kier alpha value is -1.88. The third-order valence-electron chi connectivity index (χ3n) is 2.48. The fourth-order valence-electron chi connectivity index (χ4n) is 1.77. The number of nitrogens with one attached hydrogen (secondary N) is 1. The predicted molar refractivity (Wildman–Crippen MR) is 60.3 cm³/mol. The Morgan fingerprint density at radius 2 is 2.31 bits per heavy atom. The molecule has 84 valence electrons. The quantitative estimate of drug-likeness (QED) is 0.613. The monoisotopic (exact) mass is 220 g/mol. The Labute approximate surface area is 91.9 Å². The van der Waals surface area contributed by atoms with E-state index in [9.17, 15) is 15.2 Å². The van der Waals surface area contributed by atoms with Crippen LogP contribution >= 0.6 is 0 Å². The topological polar surface area (TPSA) is 79.2 Å². The molecule has 1 heterocycles. The van der Waals surface area contributed by atoms with Crippen LogP contribution in [0.5, 0.6) is 0 Å². The molecular formula is C11H12N2O3. The van der Waals surface area contributed by atoms with Crippen molar-refractivity contribution >= 4 is 16.6 Å². The van der Waals surface area contributed by atoms with Crippen molar-refractivity contribution in [3.05, 3.63) is 40.1 Å². The number of benzene rings is 1. The first-order chi connectivity index (χ1) is 7.58. The minimum Gasteiger partial charge on any atom is -0.393 e. The van der Waals surface area contributed by atoms with Gasteiger partial charge < -0.3 is 10.1 Å². The minimum absolute atomic E-state index is 0.0685. The van der Waals surface area contributed by atoms with Gasteiger partial charge >= 0.3 is 0 Å². The van der Waals surface area contributed by atoms with E-state index in [0.717, 1.165) is 16.5 Å². The highest BCUT2D eigenvalue weighted by atomic mass is 16.6. The Balaban J connectivity index is 2.51. The molecule has 0 bridgehead atoms. The number of aromatic amines is 1. The average molecular weight is 220 g/mol. The molecule has 2 aromatic rings. The van der Waals surface area contributed by atoms with E-state index in [4.69, 9.17) is 0 Å². The van der Waals surface area contributed by atoms with Crippen LogP contribution in [-0.4, -0.2) is 21.1 Å². The summed E-state index contributed by atoms with van der Waals surface area (Å²) in [7, 11) is 0. The van der Waals surface area contributed by atoms with Crippen molar-refractivity contribution < 1.29 is 10.0 Å². The van der Waals surface area contributed by atoms with Gasteiger partial charge in [0.2, 0.25) is 0 Å². The van der Waals surface area contributed by atoms with E-state index in [1.165, 1.54) is 12.1 Å². The Bertz CT molecular complexity index is 531. The fraction of sp³-hybridized carbons (Fsp3) is 0.273. The Kier molecular flexibility index (Phi) is 2.62. The molecule has 0 spiro atoms. The third kappa shape index (κ3) is 1.90. The second-order valence-corrected chi connectivity index (χ2v) is 3.85. The van der Waals surface area contributed by atoms with E-state index in [-0.39, 0.29) is 5.69 Å². The predicted octanol–water partition coefficient (Wildman–Crippen LogP) is 2.00. The zero-order valence-corrected chi connectivity index (χ0v) is 8.80. The van der Waals surface area contributed by atoms with Gasteiger partial charge in [-0.2, -0.15) is 0 Å². The maximum absolute atomic E-state index is 10.6. The summed E-state index contributed by atoms with van der Waals surface area (Å²) in [6, 6.07) is 4.67. The number of aliphatic hydroxyl groups is 1. The Morgan fingerprint density at radius 1 is 1.56 bits per heavy atom. The van der Waals surface area contributed by atoms with Gasteiger partial charge in [0.1, 0.15) is 0 Å². The van der Waals surface area contributed by atoms with Gasteiger partial charge in [0, 0.05) is 35.7 Å². The molecule has 1 aromatic heterocycles. The number of nitrogens with zero attached hydrogens (tertiary/aromatic N) is 1. The summed E-state index contributed by atoms with van der Waals surface area (Å²) in [4.78, 5) is 13.3. The maximum Gasteiger partial charge on any atom is 0.270 e. The molecule has 0 amide bonds. The normalized spacial score (nSPS) is 12.9. The number of aromatic nitrogens is 1. The van der Waals surface area contributed by atoms with E-state index >= 15 is 0 Å². The number of fused-ring (bicyclic) bond motifs is 1. The molecule has 0 aliphatic heterocycles. The SMILES string of the molecule is CC(O)Cc1c[nH]c2ccc([N+](=O)[O-])cc12. The zero-order valence-electron chi connectivity index (χ0n) is 8.80. The van der Waals surface area contributed by atoms with Gasteiger partial charge in [-0.15, -0.1) is 0 Å². The van der Waals surface area contributed by atoms with E-state index in [1.54, 1.807) is 19.2 Å². The third-order valence-corrected chi connectivity index (χ3v) is 2.48. The van der Waals surface area contributed by atoms with Gasteiger partial charge in [0.05, 0.1) is 11.0 Å². The summed E-state index contributed by atoms with van der Waals surface area (Å²) in [5, 5.41) is 20.8. The summed E-state index contributed by atoms with van der Waals surface area (Å²) in [6.45, 7) is 1.69. The van der Waals surface area contributed by atoms with Gasteiger partial charge in [-0.25, -0.2) is 0 Å². The highest BCUT2D eigenvalue weighted by Gasteiger charge is 2.11. The summed E-state index contributed by atoms with van der Waals surface area (Å²) in [5.41, 5.74) is 1.81. The van der Waals surface area contributed by atoms with Crippen LogP contribution in [0.15, 0.2) is 24.4 Å². The van der Waals surface area contributed by atoms with Crippen molar-refractivity contribution in [2.45, 2.75) is 19.4 Å². The molecule has 1 atom stereocenters. The van der Waals surface area contributed by atoms with Crippen LogP contribution in [0.1, 0.15) is 12.5 Å². The van der Waals surface area contributed by atoms with Crippen molar-refractivity contribution in [3.63, 3.8) is 0 Å². The second kappa shape index (κ2) is 3.94. The zero-order chi connectivity index (χ0) is 11.7. The number of non-ortho nitro benzene ring substituents is 1. The van der Waals surface area contributed by atoms with Gasteiger partial charge in [0.15, 0.2) is 0 Å². The average Bonchev–Trinajstić information content (AvgIpc) is 2.60. The highest BCUT2D eigenvalue weighted by Crippen LogP contribution is 2.24. The maximum atomic E-state index is 10.6. The molecule has 0 aliphatic carbocycles. The molecule has 1 unspecified atom stereocenters. The second-order valence-electron chi connectivity index (χ2n) is 3.85. The summed E-state index contributed by atoms with van der Waals surface area (Å²) in [5.74, 6) is 0. The first kappa shape index (κ1) is 10.6. The van der Waals surface area contributed by atoms with E-state index < -0.39 is 11.0 Å². The number of nitro benzene ring substituents is 1. The summed E-state index contributed by atoms with van der Waals surface area (Å²) < 4.78 is 0. The molecule has 0 saturated heterocycles. The van der Waals surface area contributed by atoms with Crippen LogP contribution in [0.25, 0.3) is 10.9 Å². The van der Waals surface area contributed by atoms with Crippen LogP contribution in [-0.2, 0) is 6.42 Å². The number of rotatable bonds is 3. The smallest absolute Gasteiger partial charge is 0.270 e. The first-order valence-corrected chi connectivity index (χ1v) is 5.00. The van der Waals surface area contributed by atoms with Gasteiger partial charge in [0.25, 0.3) is 5.69 Å². The lowest BCUT2D eigenvalue weighted by molar-refractivity contribution is -0.384. The van der Waals surface area contributed by atoms with Gasteiger partial charge in [-0.1, -0.05) is 0 Å². The first-order valence-electron chi connectivity index (χ1n) is 5.00. The molecule has 2 rings (SSSR count). The molecule has 0 saturated carbocycles. The summed E-state index contributed by atoms with van der Waals surface area (Å²) >= 11 is 0. The molecule has 1 aromatic carbocycles. The lowest BCUT2D eigenvalue weighted by Crippen LogP contribution is -2.03. The molecule has 5 heteroatoms. The number of H-pyrrole nitrogens is 1.